The van der Waals surface area contributed by atoms with E-state index in [1.165, 1.54) is 6.07 Å². The summed E-state index contributed by atoms with van der Waals surface area (Å²) in [7, 11) is 0. The molecule has 0 radical (unpaired) electrons. The first-order valence-electron chi connectivity index (χ1n) is 7.53. The van der Waals surface area contributed by atoms with Crippen LogP contribution in [0.15, 0.2) is 54.6 Å². The molecule has 1 aliphatic heterocycles. The fourth-order valence-electron chi connectivity index (χ4n) is 2.94. The van der Waals surface area contributed by atoms with E-state index in [0.717, 1.165) is 10.6 Å². The molecule has 0 atom stereocenters. The maximum atomic E-state index is 12.8. The molecule has 0 bridgehead atoms. The summed E-state index contributed by atoms with van der Waals surface area (Å²) in [6.07, 6.45) is 0. The quantitative estimate of drug-likeness (QED) is 0.710. The van der Waals surface area contributed by atoms with Crippen molar-refractivity contribution in [3.8, 4) is 5.75 Å². The van der Waals surface area contributed by atoms with Gasteiger partial charge in [0.2, 0.25) is 0 Å². The molecule has 0 aliphatic carbocycles. The van der Waals surface area contributed by atoms with Crippen LogP contribution in [0.1, 0.15) is 26.3 Å². The van der Waals surface area contributed by atoms with Crippen LogP contribution >= 0.6 is 0 Å². The highest BCUT2D eigenvalue weighted by molar-refractivity contribution is 6.27. The van der Waals surface area contributed by atoms with Crippen molar-refractivity contribution < 1.29 is 14.7 Å². The van der Waals surface area contributed by atoms with E-state index in [-0.39, 0.29) is 11.3 Å². The Balaban J connectivity index is 1.81. The van der Waals surface area contributed by atoms with Gasteiger partial charge < -0.3 is 5.11 Å². The van der Waals surface area contributed by atoms with E-state index < -0.39 is 11.8 Å². The van der Waals surface area contributed by atoms with Crippen molar-refractivity contribution in [2.45, 2.75) is 6.92 Å². The fraction of sp³-hybridized carbons (Fsp3) is 0.0526. The molecule has 0 spiro atoms. The number of anilines is 1. The third-order valence-electron chi connectivity index (χ3n) is 4.17. The monoisotopic (exact) mass is 318 g/mol. The van der Waals surface area contributed by atoms with Crippen LogP contribution in [0.2, 0.25) is 0 Å². The number of aromatic hydroxyl groups is 1. The maximum absolute atomic E-state index is 12.8. The second-order valence-electron chi connectivity index (χ2n) is 5.79. The molecule has 5 heteroatoms. The summed E-state index contributed by atoms with van der Waals surface area (Å²) in [5, 5.41) is 12.2. The summed E-state index contributed by atoms with van der Waals surface area (Å²) in [5.74, 6) is -0.911. The third-order valence-corrected chi connectivity index (χ3v) is 4.17. The third kappa shape index (κ3) is 2.02. The molecule has 0 saturated carbocycles. The van der Waals surface area contributed by atoms with Crippen LogP contribution in [0.5, 0.6) is 5.75 Å². The van der Waals surface area contributed by atoms with Crippen LogP contribution in [-0.4, -0.2) is 21.9 Å². The summed E-state index contributed by atoms with van der Waals surface area (Å²) in [5.41, 5.74) is 5.09. The van der Waals surface area contributed by atoms with Gasteiger partial charge in [-0.1, -0.05) is 42.0 Å². The molecule has 0 aromatic heterocycles. The Hall–Kier alpha value is -3.34. The zero-order valence-corrected chi connectivity index (χ0v) is 12.9. The number of imide groups is 1. The van der Waals surface area contributed by atoms with E-state index in [0.29, 0.717) is 22.0 Å². The molecule has 5 nitrogen and oxygen atoms in total. The average Bonchev–Trinajstić information content (AvgIpc) is 2.82. The van der Waals surface area contributed by atoms with E-state index in [1.807, 2.05) is 19.1 Å². The van der Waals surface area contributed by atoms with E-state index in [1.54, 1.807) is 36.4 Å². The van der Waals surface area contributed by atoms with Gasteiger partial charge in [0.15, 0.2) is 0 Å². The first kappa shape index (κ1) is 14.3. The molecule has 4 rings (SSSR count). The number of aryl methyl sites for hydroxylation is 1. The number of benzene rings is 3. The largest absolute Gasteiger partial charge is 0.507 e. The molecule has 0 fully saturated rings. The number of hydrogen-bond donors (Lipinski definition) is 2. The van der Waals surface area contributed by atoms with E-state index in [2.05, 4.69) is 5.43 Å². The highest BCUT2D eigenvalue weighted by Crippen LogP contribution is 2.35. The van der Waals surface area contributed by atoms with Gasteiger partial charge >= 0.3 is 0 Å². The van der Waals surface area contributed by atoms with E-state index in [4.69, 9.17) is 0 Å². The fourth-order valence-corrected chi connectivity index (χ4v) is 2.94. The minimum Gasteiger partial charge on any atom is -0.507 e. The van der Waals surface area contributed by atoms with Crippen LogP contribution < -0.4 is 5.43 Å². The molecule has 2 N–H and O–H groups in total. The van der Waals surface area contributed by atoms with Crippen LogP contribution in [0, 0.1) is 6.92 Å². The minimum absolute atomic E-state index is 0.0114. The van der Waals surface area contributed by atoms with E-state index in [9.17, 15) is 14.7 Å². The molecule has 0 unspecified atom stereocenters. The SMILES string of the molecule is Cc1ccc(NN2C(=O)c3cc(O)c4ccccc4c3C2=O)cc1. The first-order chi connectivity index (χ1) is 11.6. The second-order valence-corrected chi connectivity index (χ2v) is 5.79. The second kappa shape index (κ2) is 5.09. The number of phenolic OH excluding ortho intramolecular Hbond substituents is 1. The lowest BCUT2D eigenvalue weighted by Gasteiger charge is -2.16. The topological polar surface area (TPSA) is 69.6 Å². The number of carbonyl (C=O) groups excluding carboxylic acids is 2. The van der Waals surface area contributed by atoms with Crippen molar-refractivity contribution in [2.24, 2.45) is 0 Å². The van der Waals surface area contributed by atoms with Gasteiger partial charge in [-0.15, -0.1) is 0 Å². The molecular formula is C19H14N2O3. The van der Waals surface area contributed by atoms with Gasteiger partial charge in [0.25, 0.3) is 11.8 Å². The van der Waals surface area contributed by atoms with Gasteiger partial charge in [0, 0.05) is 5.39 Å². The lowest BCUT2D eigenvalue weighted by Crippen LogP contribution is -2.35. The predicted octanol–water partition coefficient (Wildman–Crippen LogP) is 3.48. The Kier molecular flexibility index (Phi) is 3.03. The van der Waals surface area contributed by atoms with Crippen molar-refractivity contribution in [3.63, 3.8) is 0 Å². The minimum atomic E-state index is -0.475. The molecule has 3 aromatic rings. The lowest BCUT2D eigenvalue weighted by atomic mass is 9.99. The Bertz CT molecular complexity index is 993. The summed E-state index contributed by atoms with van der Waals surface area (Å²) in [6, 6.07) is 15.7. The summed E-state index contributed by atoms with van der Waals surface area (Å²) in [6.45, 7) is 1.96. The molecule has 3 aromatic carbocycles. The summed E-state index contributed by atoms with van der Waals surface area (Å²) >= 11 is 0. The zero-order chi connectivity index (χ0) is 16.8. The summed E-state index contributed by atoms with van der Waals surface area (Å²) < 4.78 is 0. The number of amides is 2. The highest BCUT2D eigenvalue weighted by atomic mass is 16.3. The maximum Gasteiger partial charge on any atom is 0.281 e. The normalized spacial score (nSPS) is 13.5. The lowest BCUT2D eigenvalue weighted by molar-refractivity contribution is 0.0692. The van der Waals surface area contributed by atoms with Crippen molar-refractivity contribution in [2.75, 3.05) is 5.43 Å². The van der Waals surface area contributed by atoms with Crippen LogP contribution in [-0.2, 0) is 0 Å². The van der Waals surface area contributed by atoms with Crippen molar-refractivity contribution in [1.29, 1.82) is 0 Å². The molecular weight excluding hydrogens is 304 g/mol. The number of carbonyl (C=O) groups is 2. The van der Waals surface area contributed by atoms with Gasteiger partial charge in [0.05, 0.1) is 16.8 Å². The van der Waals surface area contributed by atoms with Crippen molar-refractivity contribution >= 4 is 28.3 Å². The van der Waals surface area contributed by atoms with Crippen molar-refractivity contribution in [3.05, 3.63) is 71.3 Å². The Morgan fingerprint density at radius 1 is 0.917 bits per heavy atom. The molecule has 24 heavy (non-hydrogen) atoms. The Morgan fingerprint density at radius 2 is 1.58 bits per heavy atom. The first-order valence-corrected chi connectivity index (χ1v) is 7.53. The summed E-state index contributed by atoms with van der Waals surface area (Å²) in [4.78, 5) is 25.4. The van der Waals surface area contributed by atoms with Crippen molar-refractivity contribution in [1.82, 2.24) is 5.01 Å². The number of rotatable bonds is 2. The van der Waals surface area contributed by atoms with Gasteiger partial charge in [-0.25, -0.2) is 0 Å². The van der Waals surface area contributed by atoms with Gasteiger partial charge in [-0.2, -0.15) is 5.01 Å². The number of nitrogens with one attached hydrogen (secondary N) is 1. The standard InChI is InChI=1S/C19H14N2O3/c1-11-6-8-12(9-7-11)20-21-18(23)15-10-16(22)13-4-2-3-5-14(13)17(15)19(21)24/h2-10,20,22H,1H3. The highest BCUT2D eigenvalue weighted by Gasteiger charge is 2.38. The number of hydrogen-bond acceptors (Lipinski definition) is 4. The smallest absolute Gasteiger partial charge is 0.281 e. The van der Waals surface area contributed by atoms with Gasteiger partial charge in [-0.05, 0) is 30.5 Å². The Labute approximate surface area is 138 Å². The van der Waals surface area contributed by atoms with Crippen LogP contribution in [0.25, 0.3) is 10.8 Å². The zero-order valence-electron chi connectivity index (χ0n) is 12.9. The van der Waals surface area contributed by atoms with Gasteiger partial charge in [0.1, 0.15) is 5.75 Å². The average molecular weight is 318 g/mol. The van der Waals surface area contributed by atoms with Crippen LogP contribution in [0.3, 0.4) is 0 Å². The number of nitrogens with zero attached hydrogens (tertiary/aromatic N) is 1. The molecule has 0 saturated heterocycles. The van der Waals surface area contributed by atoms with Crippen LogP contribution in [0.4, 0.5) is 5.69 Å². The number of fused-ring (bicyclic) bond motifs is 3. The number of phenols is 1. The molecule has 118 valence electrons. The molecule has 1 heterocycles. The number of hydrazine groups is 1. The molecule has 2 amide bonds. The predicted molar refractivity (Wildman–Crippen MR) is 90.9 cm³/mol. The Morgan fingerprint density at radius 3 is 2.29 bits per heavy atom. The molecule has 1 aliphatic rings. The van der Waals surface area contributed by atoms with E-state index >= 15 is 0 Å². The van der Waals surface area contributed by atoms with Gasteiger partial charge in [-0.3, -0.25) is 15.0 Å².